The van der Waals surface area contributed by atoms with Gasteiger partial charge in [-0.25, -0.2) is 13.4 Å². The van der Waals surface area contributed by atoms with Crippen LogP contribution in [0.2, 0.25) is 0 Å². The average Bonchev–Trinajstić information content (AvgIpc) is 2.46. The number of rotatable bonds is 2. The van der Waals surface area contributed by atoms with E-state index in [2.05, 4.69) is 4.98 Å². The Morgan fingerprint density at radius 2 is 1.65 bits per heavy atom. The lowest BCUT2D eigenvalue weighted by molar-refractivity contribution is 0.00578. The maximum atomic E-state index is 11.6. The van der Waals surface area contributed by atoms with Crippen LogP contribution in [0.3, 0.4) is 0 Å². The lowest BCUT2D eigenvalue weighted by Crippen LogP contribution is -2.41. The largest absolute Gasteiger partial charge is 0.496 e. The molecule has 0 aromatic carbocycles. The fraction of sp³-hybridized carbons (Fsp3) is 0.615. The van der Waals surface area contributed by atoms with Gasteiger partial charge >= 0.3 is 7.12 Å². The first-order valence-corrected chi connectivity index (χ1v) is 8.35. The topological polar surface area (TPSA) is 65.5 Å². The van der Waals surface area contributed by atoms with Crippen LogP contribution >= 0.6 is 0 Å². The molecule has 0 aliphatic carbocycles. The van der Waals surface area contributed by atoms with E-state index in [1.165, 1.54) is 6.20 Å². The zero-order valence-corrected chi connectivity index (χ0v) is 13.5. The Morgan fingerprint density at radius 3 is 2.05 bits per heavy atom. The highest BCUT2D eigenvalue weighted by Crippen LogP contribution is 2.36. The Labute approximate surface area is 120 Å². The van der Waals surface area contributed by atoms with Crippen LogP contribution in [0.5, 0.6) is 0 Å². The van der Waals surface area contributed by atoms with Crippen LogP contribution in [-0.4, -0.2) is 38.0 Å². The predicted octanol–water partition coefficient (Wildman–Crippen LogP) is 1.09. The van der Waals surface area contributed by atoms with Crippen molar-refractivity contribution in [1.82, 2.24) is 4.98 Å². The summed E-state index contributed by atoms with van der Waals surface area (Å²) in [4.78, 5) is 4.04. The molecular weight excluding hydrogens is 277 g/mol. The molecule has 0 radical (unpaired) electrons. The second-order valence-corrected chi connectivity index (χ2v) is 8.18. The zero-order chi connectivity index (χ0) is 15.3. The third-order valence-corrected chi connectivity index (χ3v) is 5.06. The van der Waals surface area contributed by atoms with Crippen LogP contribution < -0.4 is 5.46 Å². The Morgan fingerprint density at radius 1 is 1.15 bits per heavy atom. The van der Waals surface area contributed by atoms with Gasteiger partial charge in [0.2, 0.25) is 0 Å². The third kappa shape index (κ3) is 2.62. The minimum absolute atomic E-state index is 0.0952. The lowest BCUT2D eigenvalue weighted by atomic mass is 9.80. The standard InChI is InChI=1S/C13H20BNO4S/c1-9-7-10(8-15-11(9)20(6,16)17)14-18-12(2,3)13(4,5)19-14/h7-8H,1-6H3. The lowest BCUT2D eigenvalue weighted by Gasteiger charge is -2.32. The van der Waals surface area contributed by atoms with Crippen LogP contribution in [0.25, 0.3) is 0 Å². The second-order valence-electron chi connectivity index (χ2n) is 6.25. The molecule has 1 aliphatic rings. The van der Waals surface area contributed by atoms with Crippen molar-refractivity contribution in [2.75, 3.05) is 6.26 Å². The van der Waals surface area contributed by atoms with E-state index in [9.17, 15) is 8.42 Å². The van der Waals surface area contributed by atoms with Crippen molar-refractivity contribution in [2.24, 2.45) is 0 Å². The molecule has 20 heavy (non-hydrogen) atoms. The summed E-state index contributed by atoms with van der Waals surface area (Å²) in [6.07, 6.45) is 2.66. The molecule has 1 aromatic rings. The molecule has 5 nitrogen and oxygen atoms in total. The normalized spacial score (nSPS) is 21.2. The molecule has 1 aromatic heterocycles. The van der Waals surface area contributed by atoms with Crippen molar-refractivity contribution >= 4 is 22.4 Å². The zero-order valence-electron chi connectivity index (χ0n) is 12.7. The van der Waals surface area contributed by atoms with Gasteiger partial charge in [0, 0.05) is 17.9 Å². The van der Waals surface area contributed by atoms with Crippen LogP contribution in [-0.2, 0) is 19.1 Å². The SMILES string of the molecule is Cc1cc(B2OC(C)(C)C(C)(C)O2)cnc1S(C)(=O)=O. The molecule has 2 rings (SSSR count). The Bertz CT molecular complexity index is 624. The molecule has 0 spiro atoms. The minimum Gasteiger partial charge on any atom is -0.399 e. The van der Waals surface area contributed by atoms with E-state index in [0.717, 1.165) is 11.7 Å². The number of pyridine rings is 1. The maximum Gasteiger partial charge on any atom is 0.496 e. The number of aromatic nitrogens is 1. The summed E-state index contributed by atoms with van der Waals surface area (Å²) in [6.45, 7) is 9.60. The highest BCUT2D eigenvalue weighted by atomic mass is 32.2. The molecule has 1 fully saturated rings. The quantitative estimate of drug-likeness (QED) is 0.765. The van der Waals surface area contributed by atoms with E-state index >= 15 is 0 Å². The molecule has 1 aliphatic heterocycles. The van der Waals surface area contributed by atoms with Crippen molar-refractivity contribution in [3.63, 3.8) is 0 Å². The van der Waals surface area contributed by atoms with Crippen LogP contribution in [0.4, 0.5) is 0 Å². The van der Waals surface area contributed by atoms with Crippen LogP contribution in [0.1, 0.15) is 33.3 Å². The molecule has 7 heteroatoms. The first-order valence-electron chi connectivity index (χ1n) is 6.46. The van der Waals surface area contributed by atoms with E-state index in [0.29, 0.717) is 5.56 Å². The molecular formula is C13H20BNO4S. The first-order chi connectivity index (χ1) is 8.94. The van der Waals surface area contributed by atoms with Gasteiger partial charge < -0.3 is 9.31 Å². The maximum absolute atomic E-state index is 11.6. The van der Waals surface area contributed by atoms with Gasteiger partial charge in [0.05, 0.1) is 11.2 Å². The molecule has 0 amide bonds. The fourth-order valence-corrected chi connectivity index (χ4v) is 2.97. The van der Waals surface area contributed by atoms with Gasteiger partial charge in [-0.05, 0) is 40.2 Å². The number of hydrogen-bond donors (Lipinski definition) is 0. The highest BCUT2D eigenvalue weighted by Gasteiger charge is 2.51. The Kier molecular flexibility index (Phi) is 3.52. The van der Waals surface area contributed by atoms with Gasteiger partial charge in [-0.15, -0.1) is 0 Å². The minimum atomic E-state index is -3.31. The number of hydrogen-bond acceptors (Lipinski definition) is 5. The fourth-order valence-electron chi connectivity index (χ4n) is 2.08. The predicted molar refractivity (Wildman–Crippen MR) is 77.8 cm³/mol. The summed E-state index contributed by atoms with van der Waals surface area (Å²) in [5.74, 6) is 0. The Balaban J connectivity index is 2.36. The molecule has 0 unspecified atom stereocenters. The Hall–Kier alpha value is -0.915. The van der Waals surface area contributed by atoms with Gasteiger partial charge in [0.1, 0.15) is 0 Å². The molecule has 0 atom stereocenters. The van der Waals surface area contributed by atoms with Gasteiger partial charge in [0.25, 0.3) is 0 Å². The summed E-state index contributed by atoms with van der Waals surface area (Å²) in [5, 5.41) is 0.0952. The van der Waals surface area contributed by atoms with E-state index < -0.39 is 28.2 Å². The van der Waals surface area contributed by atoms with Crippen molar-refractivity contribution in [3.05, 3.63) is 17.8 Å². The van der Waals surface area contributed by atoms with E-state index in [4.69, 9.17) is 9.31 Å². The molecule has 0 saturated carbocycles. The van der Waals surface area contributed by atoms with Crippen molar-refractivity contribution in [2.45, 2.75) is 50.8 Å². The van der Waals surface area contributed by atoms with Crippen LogP contribution in [0.15, 0.2) is 17.3 Å². The molecule has 0 bridgehead atoms. The van der Waals surface area contributed by atoms with Gasteiger partial charge in [-0.1, -0.05) is 6.07 Å². The average molecular weight is 297 g/mol. The van der Waals surface area contributed by atoms with Gasteiger partial charge in [-0.3, -0.25) is 0 Å². The summed E-state index contributed by atoms with van der Waals surface area (Å²) in [5.41, 5.74) is 0.468. The van der Waals surface area contributed by atoms with E-state index in [1.807, 2.05) is 27.7 Å². The molecule has 2 heterocycles. The monoisotopic (exact) mass is 297 g/mol. The summed E-state index contributed by atoms with van der Waals surface area (Å²) in [7, 11) is -3.84. The van der Waals surface area contributed by atoms with Crippen molar-refractivity contribution in [1.29, 1.82) is 0 Å². The molecule has 0 N–H and O–H groups in total. The summed E-state index contributed by atoms with van der Waals surface area (Å²) < 4.78 is 35.0. The van der Waals surface area contributed by atoms with E-state index in [1.54, 1.807) is 13.0 Å². The van der Waals surface area contributed by atoms with E-state index in [-0.39, 0.29) is 5.03 Å². The molecule has 1 saturated heterocycles. The first kappa shape index (κ1) is 15.5. The van der Waals surface area contributed by atoms with Crippen LogP contribution in [0, 0.1) is 6.92 Å². The second kappa shape index (κ2) is 4.54. The number of aryl methyl sites for hydroxylation is 1. The number of nitrogens with zero attached hydrogens (tertiary/aromatic N) is 1. The van der Waals surface area contributed by atoms with Crippen molar-refractivity contribution < 1.29 is 17.7 Å². The van der Waals surface area contributed by atoms with Gasteiger partial charge in [0.15, 0.2) is 14.9 Å². The smallest absolute Gasteiger partial charge is 0.399 e. The van der Waals surface area contributed by atoms with Crippen molar-refractivity contribution in [3.8, 4) is 0 Å². The highest BCUT2D eigenvalue weighted by molar-refractivity contribution is 7.90. The third-order valence-electron chi connectivity index (χ3n) is 3.93. The molecule has 110 valence electrons. The van der Waals surface area contributed by atoms with Gasteiger partial charge in [-0.2, -0.15) is 0 Å². The summed E-state index contributed by atoms with van der Waals surface area (Å²) >= 11 is 0. The number of sulfone groups is 1. The summed E-state index contributed by atoms with van der Waals surface area (Å²) in [6, 6.07) is 1.76.